The van der Waals surface area contributed by atoms with Crippen LogP contribution in [0.4, 0.5) is 25.1 Å². The maximum absolute atomic E-state index is 14.2. The van der Waals surface area contributed by atoms with Crippen molar-refractivity contribution in [2.75, 3.05) is 36.6 Å². The van der Waals surface area contributed by atoms with Crippen molar-refractivity contribution < 1.29 is 42.1 Å². The smallest absolute Gasteiger partial charge is 0.355 e. The van der Waals surface area contributed by atoms with Crippen molar-refractivity contribution in [3.05, 3.63) is 50.1 Å². The molecule has 0 aliphatic rings. The van der Waals surface area contributed by atoms with E-state index in [1.807, 2.05) is 27.7 Å². The molecule has 3 unspecified atom stereocenters. The number of alkyl halides is 3. The van der Waals surface area contributed by atoms with Gasteiger partial charge in [-0.05, 0) is 77.3 Å². The second-order valence-electron chi connectivity index (χ2n) is 11.9. The molecular formula is C29H42Cl3F3N9O7P. The number of carboxylic acids is 1. The molecule has 292 valence electrons. The molecule has 2 aromatic heterocycles. The Balaban J connectivity index is 0.000000439. The van der Waals surface area contributed by atoms with Crippen LogP contribution in [-0.2, 0) is 25.3 Å². The zero-order chi connectivity index (χ0) is 40.1. The van der Waals surface area contributed by atoms with Crippen LogP contribution in [0.25, 0.3) is 5.69 Å². The molecule has 2 heterocycles. The van der Waals surface area contributed by atoms with E-state index in [0.29, 0.717) is 16.6 Å². The molecule has 0 amide bonds. The van der Waals surface area contributed by atoms with Crippen molar-refractivity contribution in [3.8, 4) is 5.69 Å². The van der Waals surface area contributed by atoms with Crippen molar-refractivity contribution in [2.24, 2.45) is 5.73 Å². The van der Waals surface area contributed by atoms with Gasteiger partial charge in [0.25, 0.3) is 0 Å². The number of aliphatic carboxylic acids is 1. The molecule has 0 saturated carbocycles. The minimum absolute atomic E-state index is 0.0412. The first-order chi connectivity index (χ1) is 23.9. The maximum atomic E-state index is 14.2. The van der Waals surface area contributed by atoms with Gasteiger partial charge in [0.1, 0.15) is 22.9 Å². The van der Waals surface area contributed by atoms with E-state index in [4.69, 9.17) is 55.3 Å². The quantitative estimate of drug-likeness (QED) is 0.0859. The van der Waals surface area contributed by atoms with Gasteiger partial charge in [0, 0.05) is 36.4 Å². The first kappa shape index (κ1) is 46.5. The van der Waals surface area contributed by atoms with E-state index in [1.165, 1.54) is 13.6 Å². The van der Waals surface area contributed by atoms with Gasteiger partial charge in [-0.15, -0.1) is 16.7 Å². The van der Waals surface area contributed by atoms with E-state index in [9.17, 15) is 32.1 Å². The number of carbonyl (C=O) groups excluding carboxylic acids is 1. The van der Waals surface area contributed by atoms with Crippen molar-refractivity contribution >= 4 is 66.0 Å². The molecule has 6 N–H and O–H groups in total. The maximum Gasteiger partial charge on any atom is 0.355 e. The van der Waals surface area contributed by atoms with E-state index in [-0.39, 0.29) is 63.1 Å². The summed E-state index contributed by atoms with van der Waals surface area (Å²) in [6, 6.07) is 0.996. The van der Waals surface area contributed by atoms with Gasteiger partial charge < -0.3 is 31.1 Å². The van der Waals surface area contributed by atoms with Crippen LogP contribution in [0.2, 0.25) is 10.3 Å². The fourth-order valence-electron chi connectivity index (χ4n) is 3.75. The van der Waals surface area contributed by atoms with Crippen LogP contribution in [0.3, 0.4) is 0 Å². The number of hydrogen-bond donors (Lipinski definition) is 5. The number of carbonyl (C=O) groups is 2. The summed E-state index contributed by atoms with van der Waals surface area (Å²) in [6.07, 6.45) is -0.115. The van der Waals surface area contributed by atoms with Gasteiger partial charge in [-0.2, -0.15) is 28.4 Å². The number of anilines is 2. The van der Waals surface area contributed by atoms with E-state index < -0.39 is 48.8 Å². The summed E-state index contributed by atoms with van der Waals surface area (Å²) < 4.78 is 56.1. The summed E-state index contributed by atoms with van der Waals surface area (Å²) in [4.78, 5) is 54.7. The minimum Gasteiger partial charge on any atom is -0.480 e. The summed E-state index contributed by atoms with van der Waals surface area (Å²) in [5.41, 5.74) is 3.62. The molecule has 0 saturated heterocycles. The number of carboxylic acid groups (broad SMARTS) is 1. The molecule has 0 aliphatic carbocycles. The number of aromatic nitrogens is 6. The van der Waals surface area contributed by atoms with Crippen molar-refractivity contribution in [3.63, 3.8) is 0 Å². The van der Waals surface area contributed by atoms with E-state index in [2.05, 4.69) is 30.7 Å². The molecule has 3 rings (SSSR count). The summed E-state index contributed by atoms with van der Waals surface area (Å²) in [7, 11) is -3.10. The highest BCUT2D eigenvalue weighted by Crippen LogP contribution is 2.35. The zero-order valence-corrected chi connectivity index (χ0v) is 32.5. The number of hydrogen-bond acceptors (Lipinski definition) is 12. The number of nitrogens with one attached hydrogen (secondary N) is 2. The normalized spacial score (nSPS) is 13.5. The summed E-state index contributed by atoms with van der Waals surface area (Å²) in [5, 5.41) is 17.1. The molecule has 3 atom stereocenters. The van der Waals surface area contributed by atoms with Crippen LogP contribution < -0.4 is 22.1 Å². The Morgan fingerprint density at radius 3 is 2.21 bits per heavy atom. The van der Waals surface area contributed by atoms with E-state index >= 15 is 0 Å². The van der Waals surface area contributed by atoms with Crippen LogP contribution in [0.15, 0.2) is 16.9 Å². The van der Waals surface area contributed by atoms with Gasteiger partial charge in [-0.3, -0.25) is 14.2 Å². The van der Waals surface area contributed by atoms with Crippen LogP contribution in [0.5, 0.6) is 0 Å². The molecule has 1 aromatic carbocycles. The molecule has 0 radical (unpaired) electrons. The standard InChI is InChI=1S/C15H14Cl2F3N3O3.C9H16ClN5.C5H12NO4P/c1-3-26-13(24)10(17)4-8-5-12(11(18)6-9(8)16)23-15(25)22(14(19)20)7(2)21-23;1-5-11-7-12-6(10)13-8(14-7)15-9(2,3)4;1-11(9,10)3-2-4(6)5(7)8/h5-6,10,14H,3-4H2,1-2H3;5H2,1-4H3,(H2,11,12,13,14,15);4H,2-3,6H2,1H3,(H,7,8)(H,9,10). The van der Waals surface area contributed by atoms with Gasteiger partial charge in [0.05, 0.1) is 6.61 Å². The number of halogens is 6. The van der Waals surface area contributed by atoms with E-state index in [1.54, 1.807) is 6.92 Å². The highest BCUT2D eigenvalue weighted by Gasteiger charge is 2.24. The van der Waals surface area contributed by atoms with Crippen LogP contribution in [-0.4, -0.2) is 94.2 Å². The Hall–Kier alpha value is -3.48. The predicted octanol–water partition coefficient (Wildman–Crippen LogP) is 5.10. The molecule has 0 fully saturated rings. The number of aryl methyl sites for hydroxylation is 1. The Morgan fingerprint density at radius 2 is 1.73 bits per heavy atom. The molecule has 0 bridgehead atoms. The molecule has 0 spiro atoms. The van der Waals surface area contributed by atoms with Crippen molar-refractivity contribution in [1.29, 1.82) is 0 Å². The Labute approximate surface area is 312 Å². The van der Waals surface area contributed by atoms with Gasteiger partial charge in [0.2, 0.25) is 17.2 Å². The number of benzene rings is 1. The Morgan fingerprint density at radius 1 is 1.13 bits per heavy atom. The predicted molar refractivity (Wildman–Crippen MR) is 192 cm³/mol. The van der Waals surface area contributed by atoms with Crippen LogP contribution >= 0.6 is 42.2 Å². The fourth-order valence-corrected chi connectivity index (χ4v) is 5.12. The second-order valence-corrected chi connectivity index (χ2v) is 15.7. The second kappa shape index (κ2) is 20.7. The third kappa shape index (κ3) is 16.0. The lowest BCUT2D eigenvalue weighted by atomic mass is 10.1. The SMILES string of the molecule is CCNc1nc(Cl)nc(NC(C)(C)C)n1.CCOC(=O)C(Cl)Cc1cc(-n2nc(C)n(C(F)F)c2=O)c(F)cc1Cl.CP(=O)(O)CCC(N)C(=O)O. The topological polar surface area (TPSA) is 229 Å². The highest BCUT2D eigenvalue weighted by atomic mass is 35.5. The first-order valence-electron chi connectivity index (χ1n) is 15.4. The number of esters is 1. The monoisotopic (exact) mass is 821 g/mol. The molecular weight excluding hydrogens is 781 g/mol. The molecule has 3 aromatic rings. The fraction of sp³-hybridized carbons (Fsp3) is 0.552. The van der Waals surface area contributed by atoms with Gasteiger partial charge in [0.15, 0.2) is 13.2 Å². The molecule has 23 heteroatoms. The Kier molecular flexibility index (Phi) is 18.5. The average Bonchev–Trinajstić information content (AvgIpc) is 3.29. The lowest BCUT2D eigenvalue weighted by Gasteiger charge is -2.20. The van der Waals surface area contributed by atoms with Crippen LogP contribution in [0, 0.1) is 12.7 Å². The van der Waals surface area contributed by atoms with Gasteiger partial charge in [-0.25, -0.2) is 13.8 Å². The number of rotatable bonds is 13. The Bertz CT molecular complexity index is 1770. The van der Waals surface area contributed by atoms with Crippen LogP contribution in [0.1, 0.15) is 59.0 Å². The van der Waals surface area contributed by atoms with Gasteiger partial charge >= 0.3 is 24.2 Å². The molecule has 52 heavy (non-hydrogen) atoms. The number of nitrogens with two attached hydrogens (primary N) is 1. The first-order valence-corrected chi connectivity index (χ1v) is 18.9. The summed E-state index contributed by atoms with van der Waals surface area (Å²) >= 11 is 17.7. The van der Waals surface area contributed by atoms with Crippen molar-refractivity contribution in [1.82, 2.24) is 29.3 Å². The summed E-state index contributed by atoms with van der Waals surface area (Å²) in [5.74, 6) is -2.09. The summed E-state index contributed by atoms with van der Waals surface area (Å²) in [6.45, 7) is 9.78. The third-order valence-corrected chi connectivity index (χ3v) is 8.00. The third-order valence-electron chi connectivity index (χ3n) is 6.06. The van der Waals surface area contributed by atoms with E-state index in [0.717, 1.165) is 18.7 Å². The zero-order valence-electron chi connectivity index (χ0n) is 29.3. The lowest BCUT2D eigenvalue weighted by Crippen LogP contribution is -2.30. The lowest BCUT2D eigenvalue weighted by molar-refractivity contribution is -0.142. The largest absolute Gasteiger partial charge is 0.480 e. The average molecular weight is 823 g/mol. The number of nitrogens with zero attached hydrogens (tertiary/aromatic N) is 6. The van der Waals surface area contributed by atoms with Crippen molar-refractivity contribution in [2.45, 2.75) is 77.9 Å². The van der Waals surface area contributed by atoms with Gasteiger partial charge in [-0.1, -0.05) is 11.6 Å². The number of ether oxygens (including phenoxy) is 1. The molecule has 0 aliphatic heterocycles. The molecule has 16 nitrogen and oxygen atoms in total. The highest BCUT2D eigenvalue weighted by molar-refractivity contribution is 7.57. The minimum atomic E-state index is -3.12.